The molecule has 0 aliphatic rings. The second-order valence-corrected chi connectivity index (χ2v) is 3.62. The molecule has 0 aliphatic heterocycles. The molecule has 0 radical (unpaired) electrons. The molecule has 0 heterocycles. The van der Waals surface area contributed by atoms with Crippen molar-refractivity contribution in [3.8, 4) is 0 Å². The van der Waals surface area contributed by atoms with E-state index < -0.39 is 22.1 Å². The van der Waals surface area contributed by atoms with E-state index in [9.17, 15) is 18.0 Å². The van der Waals surface area contributed by atoms with Crippen LogP contribution in [-0.4, -0.2) is 132 Å². The van der Waals surface area contributed by atoms with E-state index >= 15 is 0 Å². The number of hydrogen-bond donors (Lipinski definition) is 3. The molecule has 0 aromatic heterocycles. The Hall–Kier alpha value is 1.55. The predicted molar refractivity (Wildman–Crippen MR) is 62.5 cm³/mol. The first-order valence-corrected chi connectivity index (χ1v) is 4.89. The van der Waals surface area contributed by atoms with E-state index in [1.807, 2.05) is 0 Å². The first-order chi connectivity index (χ1) is 6.19. The van der Waals surface area contributed by atoms with Crippen LogP contribution in [0.4, 0.5) is 0 Å². The van der Waals surface area contributed by atoms with E-state index in [4.69, 9.17) is 14.8 Å². The van der Waals surface area contributed by atoms with Crippen molar-refractivity contribution in [3.05, 3.63) is 12.2 Å². The van der Waals surface area contributed by atoms with Crippen LogP contribution in [-0.2, 0) is 19.7 Å². The van der Waals surface area contributed by atoms with Crippen molar-refractivity contribution in [1.82, 2.24) is 0 Å². The molecule has 0 amide bonds. The van der Waals surface area contributed by atoms with Gasteiger partial charge in [-0.2, -0.15) is 8.42 Å². The quantitative estimate of drug-likeness (QED) is 0.321. The number of carboxylic acid groups (broad SMARTS) is 2. The summed E-state index contributed by atoms with van der Waals surface area (Å²) in [6, 6.07) is 0. The van der Waals surface area contributed by atoms with Crippen LogP contribution in [0.3, 0.4) is 0 Å². The Labute approximate surface area is 173 Å². The zero-order valence-corrected chi connectivity index (χ0v) is 16.4. The fraction of sp³-hybridized carbons (Fsp3) is 0.333. The Bertz CT molecular complexity index is 320. The van der Waals surface area contributed by atoms with Crippen molar-refractivity contribution < 1.29 is 38.5 Å². The van der Waals surface area contributed by atoms with Crippen LogP contribution in [0.15, 0.2) is 12.2 Å². The Morgan fingerprint density at radius 1 is 1.12 bits per heavy atom. The third-order valence-corrected chi connectivity index (χ3v) is 1.46. The molecule has 0 aromatic rings. The largest absolute Gasteiger partial charge is 2.00 e. The van der Waals surface area contributed by atoms with Crippen LogP contribution >= 0.6 is 0 Å². The van der Waals surface area contributed by atoms with Crippen LogP contribution in [0.25, 0.3) is 0 Å². The summed E-state index contributed by atoms with van der Waals surface area (Å²) < 4.78 is 26.9. The molecule has 0 aliphatic carbocycles. The minimum Gasteiger partial charge on any atom is -1.00 e. The van der Waals surface area contributed by atoms with Gasteiger partial charge in [-0.25, -0.2) is 9.59 Å². The second kappa shape index (κ2) is 14.6. The summed E-state index contributed by atoms with van der Waals surface area (Å²) in [7, 11) is -3.66. The SMILES string of the molecule is CCS(=O)(=O)O.O=C(O)C=CC(=O)O.[H-].[H-].[H-].[H-].[Sr+2].[Sr+2]. The molecule has 0 unspecified atom stereocenters. The summed E-state index contributed by atoms with van der Waals surface area (Å²) in [6.45, 7) is 1.37. The topological polar surface area (TPSA) is 129 Å². The maximum Gasteiger partial charge on any atom is 2.00 e. The molecular weight excluding hydrogens is 391 g/mol. The van der Waals surface area contributed by atoms with E-state index in [2.05, 4.69) is 0 Å². The number of aliphatic carboxylic acids is 2. The molecule has 0 saturated carbocycles. The Morgan fingerprint density at radius 3 is 1.38 bits per heavy atom. The molecule has 10 heteroatoms. The van der Waals surface area contributed by atoms with Gasteiger partial charge < -0.3 is 15.9 Å². The summed E-state index contributed by atoms with van der Waals surface area (Å²) in [5.74, 6) is -2.72. The molecule has 90 valence electrons. The Kier molecular flexibility index (Phi) is 23.9. The van der Waals surface area contributed by atoms with Gasteiger partial charge in [0.05, 0.1) is 5.75 Å². The molecule has 0 spiro atoms. The first-order valence-electron chi connectivity index (χ1n) is 3.28. The molecule has 0 aromatic carbocycles. The van der Waals surface area contributed by atoms with Gasteiger partial charge in [-0.3, -0.25) is 4.55 Å². The maximum atomic E-state index is 9.56. The molecule has 3 N–H and O–H groups in total. The van der Waals surface area contributed by atoms with Crippen molar-refractivity contribution in [3.63, 3.8) is 0 Å². The van der Waals surface area contributed by atoms with Gasteiger partial charge in [0.2, 0.25) is 0 Å². The van der Waals surface area contributed by atoms with Crippen LogP contribution in [0, 0.1) is 0 Å². The molecule has 0 rings (SSSR count). The van der Waals surface area contributed by atoms with E-state index in [0.29, 0.717) is 12.2 Å². The number of carboxylic acids is 2. The van der Waals surface area contributed by atoms with E-state index in [1.165, 1.54) is 6.92 Å². The third kappa shape index (κ3) is 36.1. The predicted octanol–water partition coefficient (Wildman–Crippen LogP) is -0.706. The van der Waals surface area contributed by atoms with Gasteiger partial charge in [0.1, 0.15) is 0 Å². The Balaban J connectivity index is -0.0000000188. The van der Waals surface area contributed by atoms with Gasteiger partial charge in [0.15, 0.2) is 0 Å². The smallest absolute Gasteiger partial charge is 1.00 e. The van der Waals surface area contributed by atoms with E-state index in [0.717, 1.165) is 0 Å². The average Bonchev–Trinajstić information content (AvgIpc) is 2.01. The normalized spacial score (nSPS) is 9.12. The number of carbonyl (C=O) groups is 2. The van der Waals surface area contributed by atoms with Gasteiger partial charge in [0, 0.05) is 12.2 Å². The zero-order chi connectivity index (χ0) is 11.8. The van der Waals surface area contributed by atoms with Crippen LogP contribution in [0.5, 0.6) is 0 Å². The molecule has 16 heavy (non-hydrogen) atoms. The fourth-order valence-corrected chi connectivity index (χ4v) is 0.143. The maximum absolute atomic E-state index is 9.56. The first kappa shape index (κ1) is 26.2. The molecule has 0 bridgehead atoms. The monoisotopic (exact) mass is 406 g/mol. The molecule has 0 atom stereocenters. The van der Waals surface area contributed by atoms with Gasteiger partial charge >= 0.3 is 103 Å². The minimum absolute atomic E-state index is 0. The summed E-state index contributed by atoms with van der Waals surface area (Å²) in [5.41, 5.74) is 0. The van der Waals surface area contributed by atoms with Gasteiger partial charge in [0.25, 0.3) is 10.1 Å². The molecule has 0 saturated heterocycles. The molecule has 7 nitrogen and oxygen atoms in total. The van der Waals surface area contributed by atoms with Crippen molar-refractivity contribution in [2.24, 2.45) is 0 Å². The van der Waals surface area contributed by atoms with E-state index in [-0.39, 0.29) is 102 Å². The van der Waals surface area contributed by atoms with Crippen LogP contribution < -0.4 is 0 Å². The van der Waals surface area contributed by atoms with Crippen LogP contribution in [0.2, 0.25) is 0 Å². The number of hydrogen-bond acceptors (Lipinski definition) is 4. The fourth-order valence-electron chi connectivity index (χ4n) is 0.143. The summed E-state index contributed by atoms with van der Waals surface area (Å²) in [4.78, 5) is 19.1. The summed E-state index contributed by atoms with van der Waals surface area (Å²) in [6.07, 6.45) is 1.12. The van der Waals surface area contributed by atoms with Crippen molar-refractivity contribution in [2.45, 2.75) is 6.92 Å². The Morgan fingerprint density at radius 2 is 1.31 bits per heavy atom. The third-order valence-electron chi connectivity index (χ3n) is 0.733. The van der Waals surface area contributed by atoms with Gasteiger partial charge in [-0.1, -0.05) is 0 Å². The standard InChI is InChI=1S/C4H4O4.C2H6O3S.2Sr.4H/c5-3(6)1-2-4(7)8;1-2-6(3,4)5;;;;;;/h1-2H,(H,5,6)(H,7,8);2H2,1H3,(H,3,4,5);;;;;;/q;;2*+2;4*-1. The molecule has 0 fully saturated rings. The molecular formula is C6H14O7SSr2. The minimum atomic E-state index is -3.66. The zero-order valence-electron chi connectivity index (χ0n) is 12.7. The number of rotatable bonds is 3. The van der Waals surface area contributed by atoms with Gasteiger partial charge in [-0.15, -0.1) is 0 Å². The van der Waals surface area contributed by atoms with Crippen molar-refractivity contribution in [2.75, 3.05) is 5.75 Å². The van der Waals surface area contributed by atoms with Crippen LogP contribution in [0.1, 0.15) is 12.6 Å². The summed E-state index contributed by atoms with van der Waals surface area (Å²) in [5, 5.41) is 15.6. The van der Waals surface area contributed by atoms with Gasteiger partial charge in [-0.05, 0) is 6.92 Å². The van der Waals surface area contributed by atoms with E-state index in [1.54, 1.807) is 0 Å². The van der Waals surface area contributed by atoms with Crippen molar-refractivity contribution in [1.29, 1.82) is 0 Å². The van der Waals surface area contributed by atoms with Crippen molar-refractivity contribution >= 4 is 113 Å². The second-order valence-electron chi connectivity index (χ2n) is 1.88. The average molecular weight is 405 g/mol. The summed E-state index contributed by atoms with van der Waals surface area (Å²) >= 11 is 0.